The molecule has 0 aliphatic carbocycles. The Morgan fingerprint density at radius 2 is 1.72 bits per heavy atom. The Labute approximate surface area is 170 Å². The Morgan fingerprint density at radius 1 is 1.00 bits per heavy atom. The zero-order chi connectivity index (χ0) is 21.0. The molecule has 29 heavy (non-hydrogen) atoms. The Balaban J connectivity index is 1.95. The third-order valence-electron chi connectivity index (χ3n) is 4.07. The average Bonchev–Trinajstić information content (AvgIpc) is 2.73. The first-order valence-corrected chi connectivity index (χ1v) is 8.67. The van der Waals surface area contributed by atoms with Crippen molar-refractivity contribution in [2.24, 2.45) is 0 Å². The van der Waals surface area contributed by atoms with Crippen LogP contribution >= 0.6 is 11.6 Å². The van der Waals surface area contributed by atoms with Crippen molar-refractivity contribution in [3.63, 3.8) is 0 Å². The van der Waals surface area contributed by atoms with Gasteiger partial charge in [-0.2, -0.15) is 5.26 Å². The summed E-state index contributed by atoms with van der Waals surface area (Å²) < 4.78 is 0. The molecule has 0 heterocycles. The van der Waals surface area contributed by atoms with Crippen LogP contribution in [-0.4, -0.2) is 16.6 Å². The fraction of sp³-hybridized carbons (Fsp3) is 0. The van der Waals surface area contributed by atoms with Gasteiger partial charge >= 0.3 is 0 Å². The maximum absolute atomic E-state index is 12.9. The Bertz CT molecular complexity index is 1180. The summed E-state index contributed by atoms with van der Waals surface area (Å²) in [5.74, 6) is -1.10. The van der Waals surface area contributed by atoms with Crippen LogP contribution < -0.4 is 5.32 Å². The van der Waals surface area contributed by atoms with Gasteiger partial charge in [0.2, 0.25) is 0 Å². The number of halogens is 1. The molecule has 0 radical (unpaired) electrons. The fourth-order valence-electron chi connectivity index (χ4n) is 2.69. The van der Waals surface area contributed by atoms with Crippen molar-refractivity contribution in [3.05, 3.63) is 104 Å². The maximum Gasteiger partial charge on any atom is 0.288 e. The highest BCUT2D eigenvalue weighted by Crippen LogP contribution is 2.27. The summed E-state index contributed by atoms with van der Waals surface area (Å²) >= 11 is 5.80. The number of anilines is 1. The highest BCUT2D eigenvalue weighted by atomic mass is 35.5. The van der Waals surface area contributed by atoms with Gasteiger partial charge in [-0.05, 0) is 36.4 Å². The van der Waals surface area contributed by atoms with E-state index in [1.807, 2.05) is 6.07 Å². The molecule has 0 aliphatic heterocycles. The molecule has 0 aliphatic rings. The maximum atomic E-state index is 12.9. The molecule has 3 aromatic carbocycles. The highest BCUT2D eigenvalue weighted by Gasteiger charge is 2.21. The van der Waals surface area contributed by atoms with Gasteiger partial charge in [0.25, 0.3) is 11.6 Å². The van der Waals surface area contributed by atoms with E-state index in [-0.39, 0.29) is 21.7 Å². The summed E-state index contributed by atoms with van der Waals surface area (Å²) in [6, 6.07) is 18.2. The Kier molecular flexibility index (Phi) is 5.67. The lowest BCUT2D eigenvalue weighted by atomic mass is 9.97. The highest BCUT2D eigenvalue weighted by molar-refractivity contribution is 6.33. The van der Waals surface area contributed by atoms with Gasteiger partial charge in [0.05, 0.1) is 22.1 Å². The molecule has 0 aromatic heterocycles. The topological polar surface area (TPSA) is 113 Å². The molecular weight excluding hydrogens is 394 g/mol. The van der Waals surface area contributed by atoms with Crippen LogP contribution in [0.1, 0.15) is 31.8 Å². The van der Waals surface area contributed by atoms with E-state index in [4.69, 9.17) is 16.9 Å². The van der Waals surface area contributed by atoms with Crippen LogP contribution in [0.4, 0.5) is 11.4 Å². The SMILES string of the molecule is N#Cc1cccc(NC(=O)c2ccccc2C(=O)c2ccc(Cl)c([N+](=O)[O-])c2)c1. The van der Waals surface area contributed by atoms with Gasteiger partial charge in [-0.1, -0.05) is 35.9 Å². The summed E-state index contributed by atoms with van der Waals surface area (Å²) in [5, 5.41) is 22.6. The Morgan fingerprint density at radius 3 is 2.41 bits per heavy atom. The second kappa shape index (κ2) is 8.33. The van der Waals surface area contributed by atoms with Gasteiger partial charge in [-0.25, -0.2) is 0 Å². The van der Waals surface area contributed by atoms with E-state index in [1.165, 1.54) is 30.3 Å². The zero-order valence-electron chi connectivity index (χ0n) is 14.8. The number of nitro groups is 1. The predicted octanol–water partition coefficient (Wildman–Crippen LogP) is 4.60. The van der Waals surface area contributed by atoms with E-state index in [9.17, 15) is 19.7 Å². The number of nitrogens with one attached hydrogen (secondary N) is 1. The molecule has 7 nitrogen and oxygen atoms in total. The second-order valence-electron chi connectivity index (χ2n) is 5.94. The van der Waals surface area contributed by atoms with Crippen molar-refractivity contribution in [1.29, 1.82) is 5.26 Å². The van der Waals surface area contributed by atoms with Crippen LogP contribution in [0.5, 0.6) is 0 Å². The third-order valence-corrected chi connectivity index (χ3v) is 4.39. The number of hydrogen-bond donors (Lipinski definition) is 1. The monoisotopic (exact) mass is 405 g/mol. The van der Waals surface area contributed by atoms with Crippen LogP contribution in [0.25, 0.3) is 0 Å². The number of rotatable bonds is 5. The molecule has 3 rings (SSSR count). The molecule has 0 spiro atoms. The van der Waals surface area contributed by atoms with Crippen LogP contribution in [0.3, 0.4) is 0 Å². The van der Waals surface area contributed by atoms with Crippen LogP contribution in [-0.2, 0) is 0 Å². The minimum absolute atomic E-state index is 0.0350. The van der Waals surface area contributed by atoms with Gasteiger partial charge in [0.1, 0.15) is 5.02 Å². The molecule has 0 bridgehead atoms. The fourth-order valence-corrected chi connectivity index (χ4v) is 2.88. The lowest BCUT2D eigenvalue weighted by molar-refractivity contribution is -0.384. The average molecular weight is 406 g/mol. The number of nitro benzene ring substituents is 1. The van der Waals surface area contributed by atoms with E-state index in [2.05, 4.69) is 5.32 Å². The minimum atomic E-state index is -0.681. The molecule has 0 atom stereocenters. The van der Waals surface area contributed by atoms with Gasteiger partial charge < -0.3 is 5.32 Å². The largest absolute Gasteiger partial charge is 0.322 e. The predicted molar refractivity (Wildman–Crippen MR) is 107 cm³/mol. The molecule has 8 heteroatoms. The molecule has 0 unspecified atom stereocenters. The number of carbonyl (C=O) groups is 2. The molecule has 0 saturated carbocycles. The minimum Gasteiger partial charge on any atom is -0.322 e. The first-order valence-electron chi connectivity index (χ1n) is 8.30. The molecule has 1 N–H and O–H groups in total. The van der Waals surface area contributed by atoms with Crippen molar-refractivity contribution < 1.29 is 14.5 Å². The third kappa shape index (κ3) is 4.29. The summed E-state index contributed by atoms with van der Waals surface area (Å²) in [4.78, 5) is 36.1. The number of nitrogens with zero attached hydrogens (tertiary/aromatic N) is 2. The number of carbonyl (C=O) groups excluding carboxylic acids is 2. The quantitative estimate of drug-likeness (QED) is 0.378. The molecule has 0 saturated heterocycles. The number of ketones is 1. The van der Waals surface area contributed by atoms with Crippen molar-refractivity contribution >= 4 is 34.7 Å². The van der Waals surface area contributed by atoms with Crippen LogP contribution in [0.2, 0.25) is 5.02 Å². The van der Waals surface area contributed by atoms with Crippen molar-refractivity contribution in [1.82, 2.24) is 0 Å². The lowest BCUT2D eigenvalue weighted by Crippen LogP contribution is -2.17. The van der Waals surface area contributed by atoms with Gasteiger partial charge in [0.15, 0.2) is 5.78 Å². The smallest absolute Gasteiger partial charge is 0.288 e. The number of amides is 1. The van der Waals surface area contributed by atoms with Crippen molar-refractivity contribution in [2.45, 2.75) is 0 Å². The number of hydrogen-bond acceptors (Lipinski definition) is 5. The first-order chi connectivity index (χ1) is 13.9. The van der Waals surface area contributed by atoms with Crippen molar-refractivity contribution in [3.8, 4) is 6.07 Å². The molecule has 3 aromatic rings. The van der Waals surface area contributed by atoms with E-state index in [1.54, 1.807) is 30.3 Å². The summed E-state index contributed by atoms with van der Waals surface area (Å²) in [7, 11) is 0. The normalized spacial score (nSPS) is 10.1. The molecular formula is C21H12ClN3O4. The standard InChI is InChI=1S/C21H12ClN3O4/c22-18-9-8-14(11-19(18)25(28)29)20(26)16-6-1-2-7-17(16)21(27)24-15-5-3-4-13(10-15)12-23/h1-11H,(H,24,27). The number of benzene rings is 3. The molecule has 0 fully saturated rings. The zero-order valence-corrected chi connectivity index (χ0v) is 15.5. The van der Waals surface area contributed by atoms with Gasteiger partial charge in [-0.15, -0.1) is 0 Å². The Hall–Kier alpha value is -4.02. The van der Waals surface area contributed by atoms with E-state index in [0.29, 0.717) is 11.3 Å². The number of nitriles is 1. The van der Waals surface area contributed by atoms with Gasteiger partial charge in [0, 0.05) is 22.9 Å². The van der Waals surface area contributed by atoms with Crippen LogP contribution in [0, 0.1) is 21.4 Å². The molecule has 142 valence electrons. The van der Waals surface area contributed by atoms with Crippen molar-refractivity contribution in [2.75, 3.05) is 5.32 Å². The summed E-state index contributed by atoms with van der Waals surface area (Å²) in [6.07, 6.45) is 0. The van der Waals surface area contributed by atoms with Gasteiger partial charge in [-0.3, -0.25) is 19.7 Å². The van der Waals surface area contributed by atoms with E-state index < -0.39 is 22.3 Å². The second-order valence-corrected chi connectivity index (χ2v) is 6.35. The van der Waals surface area contributed by atoms with Crippen LogP contribution in [0.15, 0.2) is 66.7 Å². The molecule has 1 amide bonds. The van der Waals surface area contributed by atoms with E-state index in [0.717, 1.165) is 6.07 Å². The first kappa shape index (κ1) is 19.7. The summed E-state index contributed by atoms with van der Waals surface area (Å²) in [5.41, 5.74) is 0.593. The summed E-state index contributed by atoms with van der Waals surface area (Å²) in [6.45, 7) is 0. The lowest BCUT2D eigenvalue weighted by Gasteiger charge is -2.10. The van der Waals surface area contributed by atoms with E-state index >= 15 is 0 Å².